The maximum atomic E-state index is 12.8. The van der Waals surface area contributed by atoms with Crippen LogP contribution in [0.2, 0.25) is 0 Å². The summed E-state index contributed by atoms with van der Waals surface area (Å²) in [6.07, 6.45) is 2.08. The van der Waals surface area contributed by atoms with E-state index in [-0.39, 0.29) is 47.6 Å². The summed E-state index contributed by atoms with van der Waals surface area (Å²) in [6.45, 7) is 6.19. The Bertz CT molecular complexity index is 1280. The fraction of sp³-hybridized carbons (Fsp3) is 0.839. The Balaban J connectivity index is 1.15. The second kappa shape index (κ2) is 8.41. The summed E-state index contributed by atoms with van der Waals surface area (Å²) in [4.78, 5) is 11.7. The summed E-state index contributed by atoms with van der Waals surface area (Å²) in [5, 5.41) is 35.9. The lowest BCUT2D eigenvalue weighted by atomic mass is 9.42. The van der Waals surface area contributed by atoms with Gasteiger partial charge in [-0.05, 0) is 74.3 Å². The van der Waals surface area contributed by atoms with Gasteiger partial charge in [0.15, 0.2) is 12.4 Å². The van der Waals surface area contributed by atoms with Crippen molar-refractivity contribution in [3.8, 4) is 0 Å². The van der Waals surface area contributed by atoms with E-state index < -0.39 is 46.5 Å². The average Bonchev–Trinajstić information content (AvgIpc) is 3.59. The molecule has 4 aliphatic carbocycles. The molecule has 0 unspecified atom stereocenters. The van der Waals surface area contributed by atoms with Gasteiger partial charge in [0.1, 0.15) is 11.2 Å². The topological polar surface area (TPSA) is 140 Å². The monoisotopic (exact) mass is 574 g/mol. The van der Waals surface area contributed by atoms with Crippen LogP contribution in [-0.2, 0) is 23.7 Å². The Morgan fingerprint density at radius 2 is 1.83 bits per heavy atom. The molecule has 7 aliphatic rings. The molecule has 10 heteroatoms. The Hall–Kier alpha value is -1.37. The van der Waals surface area contributed by atoms with Gasteiger partial charge in [0.25, 0.3) is 0 Å². The van der Waals surface area contributed by atoms with Crippen molar-refractivity contribution in [2.75, 3.05) is 7.11 Å². The van der Waals surface area contributed by atoms with E-state index in [1.54, 1.807) is 13.2 Å². The van der Waals surface area contributed by atoms with Crippen LogP contribution in [0.3, 0.4) is 0 Å². The lowest BCUT2D eigenvalue weighted by molar-refractivity contribution is -0.351. The van der Waals surface area contributed by atoms with Gasteiger partial charge in [-0.25, -0.2) is 4.79 Å². The molecule has 2 bridgehead atoms. The molecule has 226 valence electrons. The van der Waals surface area contributed by atoms with Crippen LogP contribution in [0, 0.1) is 22.7 Å². The van der Waals surface area contributed by atoms with Crippen LogP contribution in [0.5, 0.6) is 0 Å². The van der Waals surface area contributed by atoms with Crippen molar-refractivity contribution >= 4 is 0 Å². The van der Waals surface area contributed by atoms with Gasteiger partial charge in [0.2, 0.25) is 5.79 Å². The predicted molar refractivity (Wildman–Crippen MR) is 142 cm³/mol. The molecule has 4 saturated carbocycles. The number of hydrogen-bond donors (Lipinski definition) is 3. The van der Waals surface area contributed by atoms with E-state index >= 15 is 0 Å². The van der Waals surface area contributed by atoms with Crippen molar-refractivity contribution < 1.29 is 43.4 Å². The van der Waals surface area contributed by atoms with E-state index in [0.29, 0.717) is 38.5 Å². The van der Waals surface area contributed by atoms with Crippen molar-refractivity contribution in [2.45, 2.75) is 132 Å². The molecule has 1 aromatic rings. The van der Waals surface area contributed by atoms with Gasteiger partial charge >= 0.3 is 5.63 Å². The van der Waals surface area contributed by atoms with Crippen LogP contribution in [0.25, 0.3) is 0 Å². The maximum absolute atomic E-state index is 12.8. The number of aliphatic hydroxyl groups excluding tert-OH is 2. The Labute approximate surface area is 239 Å². The van der Waals surface area contributed by atoms with Crippen LogP contribution in [0.4, 0.5) is 0 Å². The van der Waals surface area contributed by atoms with E-state index in [2.05, 4.69) is 6.92 Å². The first-order chi connectivity index (χ1) is 19.4. The molecule has 1 aromatic heterocycles. The molecule has 0 aromatic carbocycles. The minimum absolute atomic E-state index is 0.0925. The molecule has 3 N–H and O–H groups in total. The molecule has 10 nitrogen and oxygen atoms in total. The van der Waals surface area contributed by atoms with Crippen LogP contribution in [0.1, 0.15) is 77.2 Å². The third kappa shape index (κ3) is 3.18. The molecule has 0 radical (unpaired) electrons. The Morgan fingerprint density at radius 1 is 1.02 bits per heavy atom. The summed E-state index contributed by atoms with van der Waals surface area (Å²) >= 11 is 0. The highest BCUT2D eigenvalue weighted by atomic mass is 16.8. The Morgan fingerprint density at radius 3 is 2.56 bits per heavy atom. The number of hydrogen-bond acceptors (Lipinski definition) is 10. The highest BCUT2D eigenvalue weighted by Crippen LogP contribution is 2.78. The summed E-state index contributed by atoms with van der Waals surface area (Å²) in [6, 6.07) is 3.17. The van der Waals surface area contributed by atoms with Gasteiger partial charge in [-0.3, -0.25) is 0 Å². The summed E-state index contributed by atoms with van der Waals surface area (Å²) in [7, 11) is 1.56. The van der Waals surface area contributed by atoms with E-state index in [1.807, 2.05) is 13.8 Å². The molecule has 1 spiro atoms. The number of epoxide rings is 1. The van der Waals surface area contributed by atoms with Crippen LogP contribution < -0.4 is 5.63 Å². The minimum atomic E-state index is -1.25. The zero-order valence-corrected chi connectivity index (χ0v) is 24.2. The number of aliphatic hydroxyl groups is 3. The third-order valence-electron chi connectivity index (χ3n) is 13.1. The first-order valence-corrected chi connectivity index (χ1v) is 15.3. The second-order valence-electron chi connectivity index (χ2n) is 14.5. The largest absolute Gasteiger partial charge is 0.431 e. The molecule has 3 aliphatic heterocycles. The summed E-state index contributed by atoms with van der Waals surface area (Å²) in [5.41, 5.74) is -2.78. The average molecular weight is 575 g/mol. The van der Waals surface area contributed by atoms with Crippen molar-refractivity contribution in [2.24, 2.45) is 22.7 Å². The predicted octanol–water partition coefficient (Wildman–Crippen LogP) is 2.22. The SMILES string of the molecule is CO[C@@]12C[C@H](C)O[C@@H](O[C@@H]3C[C@@H]4C[C@@H]5O[C@]56[C@H](C[C@@H](O)[C@]5(C)[C@@H](c7ccc(=O)oc7)CC[C@@]56O)[C@@]4(C)C[C@H]3O1)[C@H]2O. The van der Waals surface area contributed by atoms with E-state index in [9.17, 15) is 20.1 Å². The first kappa shape index (κ1) is 27.2. The van der Waals surface area contributed by atoms with E-state index in [1.165, 1.54) is 12.3 Å². The van der Waals surface area contributed by atoms with Gasteiger partial charge in [-0.1, -0.05) is 13.8 Å². The van der Waals surface area contributed by atoms with Gasteiger partial charge in [-0.2, -0.15) is 0 Å². The second-order valence-corrected chi connectivity index (χ2v) is 14.5. The van der Waals surface area contributed by atoms with Crippen LogP contribution >= 0.6 is 0 Å². The molecule has 8 rings (SSSR count). The third-order valence-corrected chi connectivity index (χ3v) is 13.1. The van der Waals surface area contributed by atoms with Crippen molar-refractivity contribution in [1.29, 1.82) is 0 Å². The fourth-order valence-electron chi connectivity index (χ4n) is 10.9. The molecule has 15 atom stereocenters. The van der Waals surface area contributed by atoms with E-state index in [4.69, 9.17) is 28.1 Å². The summed E-state index contributed by atoms with van der Waals surface area (Å²) in [5.74, 6) is -1.26. The highest BCUT2D eigenvalue weighted by molar-refractivity contribution is 5.38. The van der Waals surface area contributed by atoms with Gasteiger partial charge < -0.3 is 43.4 Å². The molecule has 0 amide bonds. The van der Waals surface area contributed by atoms with Gasteiger partial charge in [-0.15, -0.1) is 0 Å². The zero-order chi connectivity index (χ0) is 28.7. The zero-order valence-electron chi connectivity index (χ0n) is 24.2. The molecular weight excluding hydrogens is 532 g/mol. The standard InChI is InChI=1S/C31H42O10/c1-15-12-29(36-4)25(34)26(38-15)39-19-9-17-10-23-31(41-23)21(27(17,2)13-20(19)40-29)11-22(32)28(3)18(7-8-30(28,31)35)16-5-6-24(33)37-14-16/h5-6,14-15,17-23,25-26,32,34-35H,7-13H2,1-4H3/t15-,17+,18+,19+,20+,21+,22+,23-,25+,26-,27-,28-,29-,30+,31+/m0/s1. The van der Waals surface area contributed by atoms with Crippen LogP contribution in [0.15, 0.2) is 27.6 Å². The quantitative estimate of drug-likeness (QED) is 0.356. The first-order valence-electron chi connectivity index (χ1n) is 15.3. The molecule has 3 saturated heterocycles. The smallest absolute Gasteiger partial charge is 0.335 e. The molecule has 4 heterocycles. The number of rotatable bonds is 2. The maximum Gasteiger partial charge on any atom is 0.335 e. The van der Waals surface area contributed by atoms with Gasteiger partial charge in [0.05, 0.1) is 36.8 Å². The highest BCUT2D eigenvalue weighted by Gasteiger charge is 2.86. The molecule has 7 fully saturated rings. The lowest BCUT2D eigenvalue weighted by Crippen LogP contribution is -2.72. The van der Waals surface area contributed by atoms with Crippen molar-refractivity contribution in [3.63, 3.8) is 0 Å². The Kier molecular flexibility index (Phi) is 5.58. The van der Waals surface area contributed by atoms with Crippen molar-refractivity contribution in [3.05, 3.63) is 34.4 Å². The minimum Gasteiger partial charge on any atom is -0.431 e. The van der Waals surface area contributed by atoms with Gasteiger partial charge in [0, 0.05) is 30.9 Å². The number of fused-ring (bicyclic) bond motifs is 6. The molecule has 41 heavy (non-hydrogen) atoms. The number of methoxy groups -OCH3 is 1. The molecular formula is C31H42O10. The summed E-state index contributed by atoms with van der Waals surface area (Å²) < 4.78 is 36.9. The van der Waals surface area contributed by atoms with E-state index in [0.717, 1.165) is 12.0 Å². The lowest BCUT2D eigenvalue weighted by Gasteiger charge is -2.64. The fourth-order valence-corrected chi connectivity index (χ4v) is 10.9. The normalized spacial score (nSPS) is 58.7. The van der Waals surface area contributed by atoms with Crippen molar-refractivity contribution in [1.82, 2.24) is 0 Å². The number of ether oxygens (including phenoxy) is 5. The van der Waals surface area contributed by atoms with Crippen LogP contribution in [-0.4, -0.2) is 82.3 Å².